The maximum absolute atomic E-state index is 12.4. The highest BCUT2D eigenvalue weighted by molar-refractivity contribution is 5.80. The van der Waals surface area contributed by atoms with E-state index >= 15 is 0 Å². The minimum Gasteiger partial charge on any atom is -0.379 e. The normalized spacial score (nSPS) is 23.0. The first-order valence-corrected chi connectivity index (χ1v) is 6.38. The van der Waals surface area contributed by atoms with Gasteiger partial charge in [-0.3, -0.25) is 4.79 Å². The molecule has 0 radical (unpaired) electrons. The van der Waals surface area contributed by atoms with Crippen molar-refractivity contribution in [2.45, 2.75) is 19.5 Å². The first-order valence-electron chi connectivity index (χ1n) is 6.38. The maximum Gasteiger partial charge on any atom is 0.229 e. The van der Waals surface area contributed by atoms with Crippen LogP contribution in [0.5, 0.6) is 0 Å². The second-order valence-corrected chi connectivity index (χ2v) is 4.65. The molecule has 0 spiro atoms. The van der Waals surface area contributed by atoms with Crippen LogP contribution in [0.15, 0.2) is 30.3 Å². The Morgan fingerprint density at radius 2 is 2.11 bits per heavy atom. The lowest BCUT2D eigenvalue weighted by Crippen LogP contribution is -2.43. The molecule has 0 bridgehead atoms. The zero-order chi connectivity index (χ0) is 13.0. The number of hydrogen-bond acceptors (Lipinski definition) is 3. The van der Waals surface area contributed by atoms with E-state index < -0.39 is 0 Å². The Morgan fingerprint density at radius 3 is 2.67 bits per heavy atom. The van der Waals surface area contributed by atoms with Crippen molar-refractivity contribution in [2.24, 2.45) is 11.7 Å². The molecule has 0 aromatic heterocycles. The Morgan fingerprint density at radius 1 is 1.39 bits per heavy atom. The van der Waals surface area contributed by atoms with Gasteiger partial charge in [0.05, 0.1) is 19.1 Å². The number of ether oxygens (including phenoxy) is 1. The number of benzene rings is 1. The Hall–Kier alpha value is -1.39. The molecular weight excluding hydrogens is 228 g/mol. The standard InChI is InChI=1S/C14H20N2O2/c1-2-16(8-11-6-4-3-5-7-11)14(17)12-9-18-10-13(12)15/h3-7,12-13H,2,8-10,15H2,1H3. The molecule has 1 aromatic carbocycles. The van der Waals surface area contributed by atoms with Crippen molar-refractivity contribution in [2.75, 3.05) is 19.8 Å². The van der Waals surface area contributed by atoms with Crippen molar-refractivity contribution in [1.82, 2.24) is 4.90 Å². The molecule has 18 heavy (non-hydrogen) atoms. The fourth-order valence-corrected chi connectivity index (χ4v) is 2.21. The van der Waals surface area contributed by atoms with Gasteiger partial charge < -0.3 is 15.4 Å². The Labute approximate surface area is 108 Å². The lowest BCUT2D eigenvalue weighted by atomic mass is 10.0. The highest BCUT2D eigenvalue weighted by Crippen LogP contribution is 2.16. The van der Waals surface area contributed by atoms with Gasteiger partial charge in [0.1, 0.15) is 0 Å². The maximum atomic E-state index is 12.4. The van der Waals surface area contributed by atoms with Gasteiger partial charge in [-0.2, -0.15) is 0 Å². The highest BCUT2D eigenvalue weighted by Gasteiger charge is 2.33. The topological polar surface area (TPSA) is 55.6 Å². The third-order valence-corrected chi connectivity index (χ3v) is 3.35. The monoisotopic (exact) mass is 248 g/mol. The van der Waals surface area contributed by atoms with Gasteiger partial charge in [0.25, 0.3) is 0 Å². The summed E-state index contributed by atoms with van der Waals surface area (Å²) in [7, 11) is 0. The molecule has 98 valence electrons. The van der Waals surface area contributed by atoms with Gasteiger partial charge >= 0.3 is 0 Å². The van der Waals surface area contributed by atoms with Gasteiger partial charge in [0, 0.05) is 19.1 Å². The van der Waals surface area contributed by atoms with Gasteiger partial charge in [-0.15, -0.1) is 0 Å². The van der Waals surface area contributed by atoms with Crippen molar-refractivity contribution in [1.29, 1.82) is 0 Å². The first-order chi connectivity index (χ1) is 8.72. The summed E-state index contributed by atoms with van der Waals surface area (Å²) in [5.74, 6) is -0.0833. The van der Waals surface area contributed by atoms with Crippen LogP contribution >= 0.6 is 0 Å². The van der Waals surface area contributed by atoms with Crippen molar-refractivity contribution in [3.8, 4) is 0 Å². The lowest BCUT2D eigenvalue weighted by Gasteiger charge is -2.25. The van der Waals surface area contributed by atoms with Crippen LogP contribution < -0.4 is 5.73 Å². The summed E-state index contributed by atoms with van der Waals surface area (Å²) in [6, 6.07) is 9.84. The summed E-state index contributed by atoms with van der Waals surface area (Å²) in [5, 5.41) is 0. The highest BCUT2D eigenvalue weighted by atomic mass is 16.5. The Kier molecular flexibility index (Phi) is 4.33. The van der Waals surface area contributed by atoms with E-state index in [1.54, 1.807) is 0 Å². The Bertz CT molecular complexity index is 394. The minimum atomic E-state index is -0.186. The summed E-state index contributed by atoms with van der Waals surface area (Å²) < 4.78 is 5.26. The van der Waals surface area contributed by atoms with Crippen LogP contribution in [0, 0.1) is 5.92 Å². The van der Waals surface area contributed by atoms with Crippen LogP contribution in [-0.2, 0) is 16.1 Å². The average molecular weight is 248 g/mol. The number of carbonyl (C=O) groups excluding carboxylic acids is 1. The average Bonchev–Trinajstić information content (AvgIpc) is 2.82. The number of carbonyl (C=O) groups is 1. The number of hydrogen-bond donors (Lipinski definition) is 1. The summed E-state index contributed by atoms with van der Waals surface area (Å²) in [4.78, 5) is 14.2. The molecule has 1 aliphatic heterocycles. The molecule has 2 N–H and O–H groups in total. The summed E-state index contributed by atoms with van der Waals surface area (Å²) in [6.45, 7) is 4.25. The smallest absolute Gasteiger partial charge is 0.229 e. The number of nitrogens with two attached hydrogens (primary N) is 1. The van der Waals surface area contributed by atoms with E-state index in [4.69, 9.17) is 10.5 Å². The number of nitrogens with zero attached hydrogens (tertiary/aromatic N) is 1. The van der Waals surface area contributed by atoms with Gasteiger partial charge in [-0.25, -0.2) is 0 Å². The molecule has 1 heterocycles. The number of amides is 1. The molecule has 0 saturated carbocycles. The van der Waals surface area contributed by atoms with Crippen molar-refractivity contribution < 1.29 is 9.53 Å². The molecule has 2 atom stereocenters. The molecule has 0 aliphatic carbocycles. The van der Waals surface area contributed by atoms with Gasteiger partial charge in [-0.05, 0) is 12.5 Å². The lowest BCUT2D eigenvalue weighted by molar-refractivity contribution is -0.136. The third kappa shape index (κ3) is 2.89. The van der Waals surface area contributed by atoms with E-state index in [1.807, 2.05) is 42.2 Å². The Balaban J connectivity index is 2.02. The van der Waals surface area contributed by atoms with Crippen LogP contribution in [0.4, 0.5) is 0 Å². The fraction of sp³-hybridized carbons (Fsp3) is 0.500. The van der Waals surface area contributed by atoms with E-state index in [2.05, 4.69) is 0 Å². The van der Waals surface area contributed by atoms with E-state index in [-0.39, 0.29) is 17.9 Å². The van der Waals surface area contributed by atoms with Crippen LogP contribution in [0.3, 0.4) is 0 Å². The molecular formula is C14H20N2O2. The summed E-state index contributed by atoms with van der Waals surface area (Å²) >= 11 is 0. The largest absolute Gasteiger partial charge is 0.379 e. The first kappa shape index (κ1) is 13.1. The third-order valence-electron chi connectivity index (χ3n) is 3.35. The molecule has 2 rings (SSSR count). The second-order valence-electron chi connectivity index (χ2n) is 4.65. The minimum absolute atomic E-state index is 0.103. The molecule has 1 amide bonds. The van der Waals surface area contributed by atoms with Crippen molar-refractivity contribution in [3.63, 3.8) is 0 Å². The van der Waals surface area contributed by atoms with Crippen LogP contribution in [0.2, 0.25) is 0 Å². The molecule has 1 saturated heterocycles. The van der Waals surface area contributed by atoms with Crippen LogP contribution in [0.1, 0.15) is 12.5 Å². The SMILES string of the molecule is CCN(Cc1ccccc1)C(=O)C1COCC1N. The van der Waals surface area contributed by atoms with E-state index in [0.717, 1.165) is 5.56 Å². The molecule has 1 aliphatic rings. The van der Waals surface area contributed by atoms with Crippen LogP contribution in [-0.4, -0.2) is 36.6 Å². The predicted molar refractivity (Wildman–Crippen MR) is 69.8 cm³/mol. The van der Waals surface area contributed by atoms with Gasteiger partial charge in [0.2, 0.25) is 5.91 Å². The molecule has 2 unspecified atom stereocenters. The van der Waals surface area contributed by atoms with E-state index in [1.165, 1.54) is 0 Å². The predicted octanol–water partition coefficient (Wildman–Crippen LogP) is 1.01. The quantitative estimate of drug-likeness (QED) is 0.865. The van der Waals surface area contributed by atoms with E-state index in [0.29, 0.717) is 26.3 Å². The second kappa shape index (κ2) is 5.98. The van der Waals surface area contributed by atoms with Gasteiger partial charge in [-0.1, -0.05) is 30.3 Å². The van der Waals surface area contributed by atoms with Crippen LogP contribution in [0.25, 0.3) is 0 Å². The molecule has 1 aromatic rings. The summed E-state index contributed by atoms with van der Waals surface area (Å²) in [5.41, 5.74) is 7.03. The zero-order valence-electron chi connectivity index (χ0n) is 10.7. The van der Waals surface area contributed by atoms with Crippen molar-refractivity contribution >= 4 is 5.91 Å². The summed E-state index contributed by atoms with van der Waals surface area (Å²) in [6.07, 6.45) is 0. The molecule has 4 nitrogen and oxygen atoms in total. The van der Waals surface area contributed by atoms with Gasteiger partial charge in [0.15, 0.2) is 0 Å². The molecule has 4 heteroatoms. The molecule has 1 fully saturated rings. The fourth-order valence-electron chi connectivity index (χ4n) is 2.21. The van der Waals surface area contributed by atoms with E-state index in [9.17, 15) is 4.79 Å². The zero-order valence-corrected chi connectivity index (χ0v) is 10.7. The van der Waals surface area contributed by atoms with Crippen molar-refractivity contribution in [3.05, 3.63) is 35.9 Å². The number of rotatable bonds is 4.